The van der Waals surface area contributed by atoms with Gasteiger partial charge in [0, 0.05) is 94.8 Å². The fraction of sp³-hybridized carbons (Fsp3) is 0.696. The molecular formula is C79H109NO22. The number of amides is 1. The molecule has 0 spiro atoms. The minimum atomic E-state index is -2.49. The van der Waals surface area contributed by atoms with E-state index < -0.39 is 148 Å². The number of fused-ring (bicyclic) bond motifs is 6. The highest BCUT2D eigenvalue weighted by atomic mass is 16.6. The lowest BCUT2D eigenvalue weighted by Crippen LogP contribution is -2.61. The summed E-state index contributed by atoms with van der Waals surface area (Å²) in [5.41, 5.74) is 0.716. The Morgan fingerprint density at radius 1 is 0.784 bits per heavy atom. The molecule has 2 saturated heterocycles. The topological polar surface area (TPSA) is 311 Å². The lowest BCUT2D eigenvalue weighted by atomic mass is 9.54. The summed E-state index contributed by atoms with van der Waals surface area (Å²) in [7, 11) is 4.41. The zero-order valence-corrected chi connectivity index (χ0v) is 61.9. The minimum Gasteiger partial charge on any atom is -0.462 e. The van der Waals surface area contributed by atoms with Crippen molar-refractivity contribution in [3.05, 3.63) is 81.9 Å². The Kier molecular flexibility index (Phi) is 26.5. The van der Waals surface area contributed by atoms with E-state index in [4.69, 9.17) is 47.0 Å². The second-order valence-corrected chi connectivity index (χ2v) is 30.9. The minimum absolute atomic E-state index is 0.000242. The van der Waals surface area contributed by atoms with Gasteiger partial charge < -0.3 is 62.2 Å². The van der Waals surface area contributed by atoms with Crippen LogP contribution >= 0.6 is 0 Å². The first kappa shape index (κ1) is 79.4. The molecule has 9 rings (SSSR count). The normalized spacial score (nSPS) is 37.4. The summed E-state index contributed by atoms with van der Waals surface area (Å²) in [5, 5.41) is 23.8. The van der Waals surface area contributed by atoms with Crippen molar-refractivity contribution in [3.8, 4) is 0 Å². The van der Waals surface area contributed by atoms with Gasteiger partial charge in [0.2, 0.25) is 11.6 Å². The Morgan fingerprint density at radius 3 is 2.17 bits per heavy atom. The molecule has 2 saturated carbocycles. The number of ketones is 4. The number of unbranched alkanes of at least 4 members (excludes halogenated alkanes) is 1. The standard InChI is InChI=1S/C79H109NO22/c1-43-21-15-14-16-22-44(2)58(94-12)38-53-29-26-49(7)79(92,102-53)73(88)74(89)80-34-20-19-23-56(80)76(91)99-59(39-57(82)45(3)36-48(6)69(86)72(95-13)68(85)47(5)35-43)46(4)37-51-27-30-52(31-28-51)98-63(83)24-17-18-25-64(84)100-61-33-32-55-65-67(60(97-50(8)81)40-77(55,61)9)78(10)62(42-93-11)101-75(90)54-41-96-71(66(54)78)70(65)87/h14-16,21-22,36,41,43,45-47,49,51-53,55-56,58-62,69,72,86,92H,17-20,23-35,37-40,42H2,1-13H3/b16-14+,21-15+,44-22+,48-36+/t43-,45-,46-,47-,49-,51?,52?,53+,55?,56?,58+,59+,60-,61+,62-,69-,72+,77+,78+,79-/m1/s1. The van der Waals surface area contributed by atoms with Gasteiger partial charge in [-0.25, -0.2) is 9.59 Å². The number of nitrogens with zero attached hydrogens (tertiary/aromatic N) is 1. The van der Waals surface area contributed by atoms with Gasteiger partial charge in [0.15, 0.2) is 11.5 Å². The summed E-state index contributed by atoms with van der Waals surface area (Å²) < 4.78 is 59.6. The molecule has 0 radical (unpaired) electrons. The molecule has 23 heteroatoms. The highest BCUT2D eigenvalue weighted by Gasteiger charge is 2.65. The number of piperidine rings is 1. The number of carbonyl (C=O) groups is 10. The molecule has 4 aliphatic heterocycles. The summed E-state index contributed by atoms with van der Waals surface area (Å²) in [6, 6.07) is -1.21. The number of hydrogen-bond donors (Lipinski definition) is 2. The third kappa shape index (κ3) is 17.1. The van der Waals surface area contributed by atoms with Crippen LogP contribution < -0.4 is 0 Å². The Balaban J connectivity index is 0.823. The smallest absolute Gasteiger partial charge is 0.342 e. The molecule has 1 amide bonds. The molecule has 2 bridgehead atoms. The summed E-state index contributed by atoms with van der Waals surface area (Å²) in [5.74, 6) is -11.4. The molecule has 2 unspecified atom stereocenters. The Bertz CT molecular complexity index is 3460. The molecule has 2 N–H and O–H groups in total. The lowest BCUT2D eigenvalue weighted by Gasteiger charge is -2.52. The van der Waals surface area contributed by atoms with Gasteiger partial charge in [0.05, 0.1) is 24.2 Å². The molecule has 562 valence electrons. The van der Waals surface area contributed by atoms with Gasteiger partial charge in [-0.1, -0.05) is 78.0 Å². The number of methoxy groups -OCH3 is 3. The maximum atomic E-state index is 14.7. The predicted molar refractivity (Wildman–Crippen MR) is 371 cm³/mol. The fourth-order valence-corrected chi connectivity index (χ4v) is 17.6. The van der Waals surface area contributed by atoms with Crippen molar-refractivity contribution in [2.24, 2.45) is 46.8 Å². The number of ether oxygens (including phenoxy) is 9. The molecule has 1 aromatic rings. The van der Waals surface area contributed by atoms with Gasteiger partial charge in [-0.2, -0.15) is 0 Å². The van der Waals surface area contributed by atoms with Gasteiger partial charge in [0.1, 0.15) is 66.4 Å². The van der Waals surface area contributed by atoms with Crippen LogP contribution in [0.5, 0.6) is 0 Å². The third-order valence-electron chi connectivity index (χ3n) is 23.6. The summed E-state index contributed by atoms with van der Waals surface area (Å²) in [4.78, 5) is 141. The van der Waals surface area contributed by atoms with Crippen LogP contribution in [0.3, 0.4) is 0 Å². The quantitative estimate of drug-likeness (QED) is 0.0542. The molecule has 5 heterocycles. The van der Waals surface area contributed by atoms with Gasteiger partial charge in [0.25, 0.3) is 11.7 Å². The zero-order valence-electron chi connectivity index (χ0n) is 61.9. The van der Waals surface area contributed by atoms with Gasteiger partial charge in [-0.05, 0) is 164 Å². The molecule has 23 nitrogen and oxygen atoms in total. The molecule has 1 aromatic heterocycles. The van der Waals surface area contributed by atoms with E-state index in [0.717, 1.165) is 5.57 Å². The van der Waals surface area contributed by atoms with Crippen LogP contribution in [0.1, 0.15) is 224 Å². The lowest BCUT2D eigenvalue weighted by molar-refractivity contribution is -0.265. The molecule has 8 aliphatic rings. The molecule has 18 atom stereocenters. The second-order valence-electron chi connectivity index (χ2n) is 30.9. The fourth-order valence-electron chi connectivity index (χ4n) is 17.6. The van der Waals surface area contributed by atoms with Crippen molar-refractivity contribution in [2.75, 3.05) is 34.5 Å². The van der Waals surface area contributed by atoms with Gasteiger partial charge >= 0.3 is 29.8 Å². The van der Waals surface area contributed by atoms with E-state index in [9.17, 15) is 58.2 Å². The van der Waals surface area contributed by atoms with Crippen LogP contribution in [0, 0.1) is 46.8 Å². The van der Waals surface area contributed by atoms with Crippen molar-refractivity contribution in [2.45, 2.75) is 270 Å². The number of aliphatic hydroxyl groups excluding tert-OH is 1. The molecule has 102 heavy (non-hydrogen) atoms. The number of hydrogen-bond acceptors (Lipinski definition) is 22. The van der Waals surface area contributed by atoms with Crippen LogP contribution in [0.4, 0.5) is 0 Å². The number of rotatable bonds is 15. The Morgan fingerprint density at radius 2 is 1.49 bits per heavy atom. The number of carbonyl (C=O) groups excluding carboxylic acids is 10. The van der Waals surface area contributed by atoms with E-state index in [1.54, 1.807) is 40.9 Å². The van der Waals surface area contributed by atoms with Gasteiger partial charge in [-0.15, -0.1) is 0 Å². The average Bonchev–Trinajstić information content (AvgIpc) is 1.41. The van der Waals surface area contributed by atoms with Crippen molar-refractivity contribution in [1.29, 1.82) is 0 Å². The van der Waals surface area contributed by atoms with Crippen molar-refractivity contribution in [1.82, 2.24) is 4.90 Å². The maximum Gasteiger partial charge on any atom is 0.342 e. The number of allylic oxidation sites excluding steroid dienone is 7. The highest BCUT2D eigenvalue weighted by molar-refractivity contribution is 6.39. The van der Waals surface area contributed by atoms with E-state index in [2.05, 4.69) is 0 Å². The van der Waals surface area contributed by atoms with E-state index in [-0.39, 0.29) is 92.5 Å². The van der Waals surface area contributed by atoms with Crippen molar-refractivity contribution in [3.63, 3.8) is 0 Å². The SMILES string of the molecule is COC[C@H]1OC(=O)c2coc3c2[C@@]1(C)C1=C(C3=O)C2CC[C@H](OC(=O)CCCCC(=O)OC3CCC(C[C@@H](C)[C@@H]4CC(=O)[C@H](C)/C=C(\C)[C@@H](O)[C@@H](OC)C(=O)[C@H](C)C[C@H](C)/C=C/C=C/C=C(\C)[C@@H](OC)C[C@@H]5CC[C@@H](C)[C@@](O)(O5)C(=O)C(=O)N5CCCCC5C(=O)O4)CC3)[C@@]2(C)C[C@H]1OC(C)=O. The summed E-state index contributed by atoms with van der Waals surface area (Å²) in [6.45, 7) is 17.7. The zero-order chi connectivity index (χ0) is 74.3. The second kappa shape index (κ2) is 34.0. The summed E-state index contributed by atoms with van der Waals surface area (Å²) in [6.07, 6.45) is 12.3. The third-order valence-corrected chi connectivity index (χ3v) is 23.6. The molecular weight excluding hydrogens is 1310 g/mol. The Hall–Kier alpha value is -6.76. The van der Waals surface area contributed by atoms with Gasteiger partial charge in [-0.3, -0.25) is 38.4 Å². The number of esters is 5. The summed E-state index contributed by atoms with van der Waals surface area (Å²) >= 11 is 0. The largest absolute Gasteiger partial charge is 0.462 e. The number of furan rings is 1. The highest BCUT2D eigenvalue weighted by Crippen LogP contribution is 2.63. The van der Waals surface area contributed by atoms with E-state index in [1.807, 2.05) is 65.0 Å². The Labute approximate surface area is 599 Å². The predicted octanol–water partition coefficient (Wildman–Crippen LogP) is 10.6. The van der Waals surface area contributed by atoms with Crippen LogP contribution in [0.2, 0.25) is 0 Å². The first-order valence-corrected chi connectivity index (χ1v) is 37.0. The monoisotopic (exact) mass is 1420 g/mol. The van der Waals surface area contributed by atoms with Crippen LogP contribution in [0.25, 0.3) is 0 Å². The maximum absolute atomic E-state index is 14.7. The molecule has 4 aliphatic carbocycles. The number of cyclic esters (lactones) is 2. The van der Waals surface area contributed by atoms with E-state index in [0.29, 0.717) is 112 Å². The van der Waals surface area contributed by atoms with Crippen LogP contribution in [0.15, 0.2) is 69.4 Å². The van der Waals surface area contributed by atoms with Crippen LogP contribution in [-0.2, 0) is 86.4 Å². The first-order valence-electron chi connectivity index (χ1n) is 37.0. The molecule has 0 aromatic carbocycles. The van der Waals surface area contributed by atoms with Crippen LogP contribution in [-0.4, -0.2) is 175 Å². The van der Waals surface area contributed by atoms with Crippen molar-refractivity contribution >= 4 is 58.9 Å². The molecule has 4 fully saturated rings. The average molecular weight is 1420 g/mol. The van der Waals surface area contributed by atoms with E-state index in [1.165, 1.54) is 32.3 Å². The van der Waals surface area contributed by atoms with Crippen molar-refractivity contribution < 1.29 is 105 Å². The number of Topliss-reactive ketones (excluding diaryl/α,β-unsaturated/α-hetero) is 4. The number of aliphatic hydroxyl groups is 2. The van der Waals surface area contributed by atoms with E-state index >= 15 is 0 Å². The first-order chi connectivity index (χ1) is 48.4.